The smallest absolute Gasteiger partial charge is 0.198 e. The number of hydrogen-bond acceptors (Lipinski definition) is 2. The second-order valence-electron chi connectivity index (χ2n) is 1.88. The van der Waals surface area contributed by atoms with Crippen LogP contribution in [0.1, 0.15) is 0 Å². The first-order chi connectivity index (χ1) is 3.56. The maximum absolute atomic E-state index is 10.5. The van der Waals surface area contributed by atoms with Crippen LogP contribution in [0.4, 0.5) is 0 Å². The van der Waals surface area contributed by atoms with Gasteiger partial charge in [0.2, 0.25) is 0 Å². The molecule has 0 aliphatic carbocycles. The molecule has 2 N–H and O–H groups in total. The van der Waals surface area contributed by atoms with Gasteiger partial charge in [0.25, 0.3) is 0 Å². The molecule has 0 saturated heterocycles. The van der Waals surface area contributed by atoms with Crippen molar-refractivity contribution in [1.29, 1.82) is 0 Å². The van der Waals surface area contributed by atoms with Gasteiger partial charge in [-0.3, -0.25) is 4.57 Å². The van der Waals surface area contributed by atoms with Crippen molar-refractivity contribution in [2.75, 3.05) is 26.4 Å². The number of nitrogens with one attached hydrogen (secondary N) is 1. The SMILES string of the molecule is CNCCP(C)(=O)O. The second kappa shape index (κ2) is 3.23. The minimum atomic E-state index is -2.74. The lowest BCUT2D eigenvalue weighted by Gasteiger charge is -2.01. The van der Waals surface area contributed by atoms with E-state index >= 15 is 0 Å². The van der Waals surface area contributed by atoms with Gasteiger partial charge in [-0.05, 0) is 7.05 Å². The molecule has 0 saturated carbocycles. The van der Waals surface area contributed by atoms with Crippen LogP contribution in [0.2, 0.25) is 0 Å². The van der Waals surface area contributed by atoms with Gasteiger partial charge in [-0.15, -0.1) is 0 Å². The summed E-state index contributed by atoms with van der Waals surface area (Å²) in [6.07, 6.45) is 0.365. The molecule has 0 aromatic carbocycles. The first-order valence-electron chi connectivity index (χ1n) is 2.50. The van der Waals surface area contributed by atoms with E-state index in [1.54, 1.807) is 7.05 Å². The summed E-state index contributed by atoms with van der Waals surface area (Å²) < 4.78 is 10.5. The van der Waals surface area contributed by atoms with Crippen molar-refractivity contribution < 1.29 is 9.46 Å². The van der Waals surface area contributed by atoms with Crippen LogP contribution in [0.25, 0.3) is 0 Å². The molecule has 0 aromatic heterocycles. The summed E-state index contributed by atoms with van der Waals surface area (Å²) in [6, 6.07) is 0. The fourth-order valence-electron chi connectivity index (χ4n) is 0.319. The Morgan fingerprint density at radius 1 is 1.75 bits per heavy atom. The molecule has 0 radical (unpaired) electrons. The van der Waals surface area contributed by atoms with Crippen LogP contribution >= 0.6 is 7.37 Å². The minimum Gasteiger partial charge on any atom is -0.344 e. The van der Waals surface area contributed by atoms with Gasteiger partial charge >= 0.3 is 0 Å². The predicted molar refractivity (Wildman–Crippen MR) is 34.5 cm³/mol. The third kappa shape index (κ3) is 6.15. The fourth-order valence-corrected chi connectivity index (χ4v) is 0.958. The summed E-state index contributed by atoms with van der Waals surface area (Å²) in [5.41, 5.74) is 0. The van der Waals surface area contributed by atoms with Gasteiger partial charge in [-0.25, -0.2) is 0 Å². The van der Waals surface area contributed by atoms with Gasteiger partial charge in [0.1, 0.15) is 0 Å². The zero-order valence-corrected chi connectivity index (χ0v) is 6.11. The highest BCUT2D eigenvalue weighted by Gasteiger charge is 2.06. The van der Waals surface area contributed by atoms with Crippen LogP contribution in [0.3, 0.4) is 0 Å². The quantitative estimate of drug-likeness (QED) is 0.542. The molecule has 0 aliphatic rings. The van der Waals surface area contributed by atoms with Crippen molar-refractivity contribution in [2.24, 2.45) is 0 Å². The zero-order chi connectivity index (χ0) is 6.62. The lowest BCUT2D eigenvalue weighted by atomic mass is 10.8. The van der Waals surface area contributed by atoms with Crippen LogP contribution in [-0.2, 0) is 4.57 Å². The van der Waals surface area contributed by atoms with E-state index in [4.69, 9.17) is 4.89 Å². The molecule has 0 bridgehead atoms. The van der Waals surface area contributed by atoms with E-state index < -0.39 is 7.37 Å². The molecule has 0 rings (SSSR count). The normalized spacial score (nSPS) is 17.9. The van der Waals surface area contributed by atoms with Crippen LogP contribution in [0.15, 0.2) is 0 Å². The van der Waals surface area contributed by atoms with E-state index in [9.17, 15) is 4.57 Å². The van der Waals surface area contributed by atoms with Crippen molar-refractivity contribution in [2.45, 2.75) is 0 Å². The first-order valence-corrected chi connectivity index (χ1v) is 4.79. The molecule has 0 spiro atoms. The van der Waals surface area contributed by atoms with Crippen LogP contribution in [0.5, 0.6) is 0 Å². The van der Waals surface area contributed by atoms with Crippen molar-refractivity contribution in [3.8, 4) is 0 Å². The summed E-state index contributed by atoms with van der Waals surface area (Å²) in [7, 11) is -0.985. The van der Waals surface area contributed by atoms with Gasteiger partial charge in [-0.1, -0.05) is 0 Å². The largest absolute Gasteiger partial charge is 0.344 e. The number of hydrogen-bond donors (Lipinski definition) is 2. The Balaban J connectivity index is 3.26. The summed E-state index contributed by atoms with van der Waals surface area (Å²) in [4.78, 5) is 8.66. The molecule has 0 heterocycles. The van der Waals surface area contributed by atoms with Crippen LogP contribution in [0, 0.1) is 0 Å². The molecule has 0 aromatic rings. The number of rotatable bonds is 3. The fraction of sp³-hybridized carbons (Fsp3) is 1.00. The highest BCUT2D eigenvalue weighted by atomic mass is 31.2. The molecular weight excluding hydrogens is 125 g/mol. The Kier molecular flexibility index (Phi) is 3.29. The van der Waals surface area contributed by atoms with E-state index in [1.165, 1.54) is 6.66 Å². The van der Waals surface area contributed by atoms with E-state index in [2.05, 4.69) is 5.32 Å². The molecule has 3 nitrogen and oxygen atoms in total. The van der Waals surface area contributed by atoms with Gasteiger partial charge in [0.15, 0.2) is 7.37 Å². The van der Waals surface area contributed by atoms with Gasteiger partial charge in [0.05, 0.1) is 0 Å². The third-order valence-electron chi connectivity index (χ3n) is 0.777. The molecular formula is C4H12NO2P. The van der Waals surface area contributed by atoms with Gasteiger partial charge in [0, 0.05) is 19.4 Å². The zero-order valence-electron chi connectivity index (χ0n) is 5.22. The topological polar surface area (TPSA) is 49.3 Å². The molecule has 0 fully saturated rings. The predicted octanol–water partition coefficient (Wildman–Crippen LogP) is 0.106. The molecule has 0 amide bonds. The summed E-state index contributed by atoms with van der Waals surface area (Å²) in [6.45, 7) is 1.98. The highest BCUT2D eigenvalue weighted by molar-refractivity contribution is 7.57. The van der Waals surface area contributed by atoms with E-state index in [-0.39, 0.29) is 0 Å². The Bertz CT molecular complexity index is 98.2. The average molecular weight is 137 g/mol. The van der Waals surface area contributed by atoms with Gasteiger partial charge < -0.3 is 10.2 Å². The maximum atomic E-state index is 10.5. The molecule has 0 aliphatic heterocycles. The first kappa shape index (κ1) is 8.15. The second-order valence-corrected chi connectivity index (χ2v) is 4.43. The third-order valence-corrected chi connectivity index (χ3v) is 1.83. The monoisotopic (exact) mass is 137 g/mol. The molecule has 1 unspecified atom stereocenters. The lowest BCUT2D eigenvalue weighted by molar-refractivity contribution is 0.483. The van der Waals surface area contributed by atoms with Crippen molar-refractivity contribution >= 4 is 7.37 Å². The maximum Gasteiger partial charge on any atom is 0.198 e. The van der Waals surface area contributed by atoms with E-state index in [1.807, 2.05) is 0 Å². The Morgan fingerprint density at radius 3 is 2.38 bits per heavy atom. The molecule has 8 heavy (non-hydrogen) atoms. The Morgan fingerprint density at radius 2 is 2.25 bits per heavy atom. The van der Waals surface area contributed by atoms with Crippen molar-refractivity contribution in [3.63, 3.8) is 0 Å². The Hall–Kier alpha value is 0.150. The van der Waals surface area contributed by atoms with Crippen molar-refractivity contribution in [3.05, 3.63) is 0 Å². The summed E-state index contributed by atoms with van der Waals surface area (Å²) in [5.74, 6) is 0. The highest BCUT2D eigenvalue weighted by Crippen LogP contribution is 2.33. The van der Waals surface area contributed by atoms with E-state index in [0.29, 0.717) is 12.7 Å². The average Bonchev–Trinajstić information content (AvgIpc) is 1.59. The van der Waals surface area contributed by atoms with Gasteiger partial charge in [-0.2, -0.15) is 0 Å². The summed E-state index contributed by atoms with van der Waals surface area (Å²) in [5, 5.41) is 2.79. The molecule has 50 valence electrons. The Labute approximate surface area is 49.6 Å². The van der Waals surface area contributed by atoms with E-state index in [0.717, 1.165) is 0 Å². The van der Waals surface area contributed by atoms with Crippen LogP contribution < -0.4 is 5.32 Å². The van der Waals surface area contributed by atoms with Crippen LogP contribution in [-0.4, -0.2) is 31.3 Å². The van der Waals surface area contributed by atoms with Crippen molar-refractivity contribution in [1.82, 2.24) is 5.32 Å². The minimum absolute atomic E-state index is 0.365. The molecule has 1 atom stereocenters. The summed E-state index contributed by atoms with van der Waals surface area (Å²) >= 11 is 0. The standard InChI is InChI=1S/C4H12NO2P/c1-5-3-4-8(2,6)7/h5H,3-4H2,1-2H3,(H,6,7). The molecule has 4 heteroatoms. The lowest BCUT2D eigenvalue weighted by Crippen LogP contribution is -2.11.